The van der Waals surface area contributed by atoms with Gasteiger partial charge in [-0.1, -0.05) is 5.16 Å². The zero-order valence-electron chi connectivity index (χ0n) is 8.07. The fourth-order valence-corrected chi connectivity index (χ4v) is 0.982. The first-order chi connectivity index (χ1) is 6.45. The molecule has 6 nitrogen and oxygen atoms in total. The van der Waals surface area contributed by atoms with E-state index in [-0.39, 0.29) is 17.0 Å². The van der Waals surface area contributed by atoms with Crippen molar-refractivity contribution >= 4 is 11.9 Å². The molecule has 0 radical (unpaired) electrons. The third kappa shape index (κ3) is 1.59. The predicted molar refractivity (Wildman–Crippen MR) is 46.2 cm³/mol. The van der Waals surface area contributed by atoms with Crippen LogP contribution in [-0.2, 0) is 0 Å². The molecule has 1 amide bonds. The standard InChI is InChI=1S/C8H10N2O4/c1-4-5(8(12)13)6(9-14-4)7(11)10(2)3/h1-3H3,(H,12,13). The van der Waals surface area contributed by atoms with Gasteiger partial charge in [0, 0.05) is 14.1 Å². The largest absolute Gasteiger partial charge is 0.477 e. The molecule has 1 aromatic rings. The van der Waals surface area contributed by atoms with Gasteiger partial charge >= 0.3 is 5.97 Å². The summed E-state index contributed by atoms with van der Waals surface area (Å²) in [4.78, 5) is 23.4. The summed E-state index contributed by atoms with van der Waals surface area (Å²) >= 11 is 0. The lowest BCUT2D eigenvalue weighted by Crippen LogP contribution is -2.24. The number of hydrogen-bond donors (Lipinski definition) is 1. The van der Waals surface area contributed by atoms with E-state index in [1.165, 1.54) is 25.9 Å². The molecule has 1 aromatic heterocycles. The summed E-state index contributed by atoms with van der Waals surface area (Å²) in [7, 11) is 3.02. The van der Waals surface area contributed by atoms with Crippen LogP contribution in [0.3, 0.4) is 0 Å². The number of carboxylic acids is 1. The molecule has 0 fully saturated rings. The first-order valence-corrected chi connectivity index (χ1v) is 3.86. The molecule has 0 saturated carbocycles. The molecule has 1 N–H and O–H groups in total. The molecule has 76 valence electrons. The van der Waals surface area contributed by atoms with E-state index >= 15 is 0 Å². The molecule has 0 bridgehead atoms. The summed E-state index contributed by atoms with van der Waals surface area (Å²) in [5.74, 6) is -1.57. The Labute approximate surface area is 80.1 Å². The van der Waals surface area contributed by atoms with Gasteiger partial charge in [-0.2, -0.15) is 0 Å². The topological polar surface area (TPSA) is 83.6 Å². The second-order valence-electron chi connectivity index (χ2n) is 2.97. The number of aromatic carboxylic acids is 1. The predicted octanol–water partition coefficient (Wildman–Crippen LogP) is 0.383. The summed E-state index contributed by atoms with van der Waals surface area (Å²) in [6, 6.07) is 0. The molecular weight excluding hydrogens is 188 g/mol. The summed E-state index contributed by atoms with van der Waals surface area (Å²) in [6.45, 7) is 1.45. The van der Waals surface area contributed by atoms with Crippen molar-refractivity contribution < 1.29 is 19.2 Å². The van der Waals surface area contributed by atoms with Crippen LogP contribution in [0.1, 0.15) is 26.6 Å². The van der Waals surface area contributed by atoms with Crippen molar-refractivity contribution in [1.29, 1.82) is 0 Å². The molecule has 1 heterocycles. The lowest BCUT2D eigenvalue weighted by molar-refractivity contribution is 0.0684. The number of aromatic nitrogens is 1. The molecule has 0 spiro atoms. The summed E-state index contributed by atoms with van der Waals surface area (Å²) < 4.78 is 4.65. The van der Waals surface area contributed by atoms with Crippen LogP contribution in [0.25, 0.3) is 0 Å². The smallest absolute Gasteiger partial charge is 0.341 e. The first kappa shape index (κ1) is 10.2. The van der Waals surface area contributed by atoms with Gasteiger partial charge < -0.3 is 14.5 Å². The number of hydrogen-bond acceptors (Lipinski definition) is 4. The van der Waals surface area contributed by atoms with Crippen molar-refractivity contribution in [2.75, 3.05) is 14.1 Å². The monoisotopic (exact) mass is 198 g/mol. The lowest BCUT2D eigenvalue weighted by atomic mass is 10.2. The van der Waals surface area contributed by atoms with E-state index in [4.69, 9.17) is 5.11 Å². The minimum Gasteiger partial charge on any atom is -0.477 e. The number of nitrogens with zero attached hydrogens (tertiary/aromatic N) is 2. The van der Waals surface area contributed by atoms with Gasteiger partial charge in [-0.15, -0.1) is 0 Å². The van der Waals surface area contributed by atoms with Crippen LogP contribution in [-0.4, -0.2) is 41.1 Å². The number of carbonyl (C=O) groups excluding carboxylic acids is 1. The van der Waals surface area contributed by atoms with E-state index in [2.05, 4.69) is 9.68 Å². The van der Waals surface area contributed by atoms with Gasteiger partial charge in [-0.25, -0.2) is 4.79 Å². The molecule has 14 heavy (non-hydrogen) atoms. The number of amides is 1. The quantitative estimate of drug-likeness (QED) is 0.742. The maximum absolute atomic E-state index is 11.4. The summed E-state index contributed by atoms with van der Waals surface area (Å²) in [5.41, 5.74) is -0.344. The van der Waals surface area contributed by atoms with Crippen LogP contribution in [0.5, 0.6) is 0 Å². The van der Waals surface area contributed by atoms with Crippen LogP contribution >= 0.6 is 0 Å². The molecule has 0 atom stereocenters. The second-order valence-corrected chi connectivity index (χ2v) is 2.97. The summed E-state index contributed by atoms with van der Waals surface area (Å²) in [6.07, 6.45) is 0. The fourth-order valence-electron chi connectivity index (χ4n) is 0.982. The van der Waals surface area contributed by atoms with Crippen LogP contribution in [0.15, 0.2) is 4.52 Å². The van der Waals surface area contributed by atoms with Crippen molar-refractivity contribution in [3.8, 4) is 0 Å². The highest BCUT2D eigenvalue weighted by Gasteiger charge is 2.25. The Kier molecular flexibility index (Phi) is 2.55. The third-order valence-corrected chi connectivity index (χ3v) is 1.69. The molecule has 0 aliphatic heterocycles. The molecule has 0 aromatic carbocycles. The summed E-state index contributed by atoms with van der Waals surface area (Å²) in [5, 5.41) is 12.2. The van der Waals surface area contributed by atoms with E-state index < -0.39 is 11.9 Å². The SMILES string of the molecule is Cc1onc(C(=O)N(C)C)c1C(=O)O. The molecule has 0 aliphatic carbocycles. The normalized spacial score (nSPS) is 9.93. The minimum atomic E-state index is -1.21. The van der Waals surface area contributed by atoms with Gasteiger partial charge in [0.2, 0.25) is 0 Å². The third-order valence-electron chi connectivity index (χ3n) is 1.69. The average molecular weight is 198 g/mol. The molecule has 0 aliphatic rings. The molecule has 6 heteroatoms. The van der Waals surface area contributed by atoms with E-state index in [1.807, 2.05) is 0 Å². The van der Waals surface area contributed by atoms with Crippen LogP contribution in [0.2, 0.25) is 0 Å². The van der Waals surface area contributed by atoms with Crippen molar-refractivity contribution in [1.82, 2.24) is 10.1 Å². The van der Waals surface area contributed by atoms with Crippen molar-refractivity contribution in [2.24, 2.45) is 0 Å². The molecule has 0 unspecified atom stereocenters. The maximum atomic E-state index is 11.4. The number of carbonyl (C=O) groups is 2. The van der Waals surface area contributed by atoms with Gasteiger partial charge in [0.1, 0.15) is 11.3 Å². The van der Waals surface area contributed by atoms with E-state index in [1.54, 1.807) is 0 Å². The van der Waals surface area contributed by atoms with Gasteiger partial charge in [-0.05, 0) is 6.92 Å². The zero-order chi connectivity index (χ0) is 10.9. The van der Waals surface area contributed by atoms with Crippen LogP contribution in [0, 0.1) is 6.92 Å². The minimum absolute atomic E-state index is 0.128. The Hall–Kier alpha value is -1.85. The molecule has 1 rings (SSSR count). The zero-order valence-corrected chi connectivity index (χ0v) is 8.07. The number of rotatable bonds is 2. The van der Waals surface area contributed by atoms with Crippen molar-refractivity contribution in [3.05, 3.63) is 17.0 Å². The maximum Gasteiger partial charge on any atom is 0.341 e. The van der Waals surface area contributed by atoms with Crippen molar-refractivity contribution in [3.63, 3.8) is 0 Å². The van der Waals surface area contributed by atoms with Gasteiger partial charge in [0.05, 0.1) is 0 Å². The van der Waals surface area contributed by atoms with E-state index in [9.17, 15) is 9.59 Å². The number of aryl methyl sites for hydroxylation is 1. The van der Waals surface area contributed by atoms with E-state index in [0.717, 1.165) is 0 Å². The Balaban J connectivity index is 3.22. The highest BCUT2D eigenvalue weighted by Crippen LogP contribution is 2.14. The number of carboxylic acid groups (broad SMARTS) is 1. The van der Waals surface area contributed by atoms with Gasteiger partial charge in [0.15, 0.2) is 5.69 Å². The Morgan fingerprint density at radius 2 is 2.00 bits per heavy atom. The first-order valence-electron chi connectivity index (χ1n) is 3.86. The lowest BCUT2D eigenvalue weighted by Gasteiger charge is -2.07. The highest BCUT2D eigenvalue weighted by atomic mass is 16.5. The molecule has 0 saturated heterocycles. The van der Waals surface area contributed by atoms with Crippen LogP contribution < -0.4 is 0 Å². The van der Waals surface area contributed by atoms with Crippen molar-refractivity contribution in [2.45, 2.75) is 6.92 Å². The molecular formula is C8H10N2O4. The van der Waals surface area contributed by atoms with Gasteiger partial charge in [-0.3, -0.25) is 4.79 Å². The Morgan fingerprint density at radius 1 is 1.43 bits per heavy atom. The fraction of sp³-hybridized carbons (Fsp3) is 0.375. The van der Waals surface area contributed by atoms with Crippen LogP contribution in [0.4, 0.5) is 0 Å². The second kappa shape index (κ2) is 3.49. The highest BCUT2D eigenvalue weighted by molar-refractivity contribution is 6.03. The Bertz CT molecular complexity index is 381. The average Bonchev–Trinajstić information content (AvgIpc) is 2.45. The van der Waals surface area contributed by atoms with Gasteiger partial charge in [0.25, 0.3) is 5.91 Å². The Morgan fingerprint density at radius 3 is 2.43 bits per heavy atom. The van der Waals surface area contributed by atoms with E-state index in [0.29, 0.717) is 0 Å².